The Morgan fingerprint density at radius 2 is 1.71 bits per heavy atom. The van der Waals surface area contributed by atoms with Crippen LogP contribution < -0.4 is 4.74 Å². The van der Waals surface area contributed by atoms with Gasteiger partial charge in [0, 0.05) is 45.3 Å². The maximum atomic E-state index is 6.02. The van der Waals surface area contributed by atoms with Gasteiger partial charge in [0.25, 0.3) is 0 Å². The van der Waals surface area contributed by atoms with Crippen LogP contribution in [0.3, 0.4) is 0 Å². The number of ether oxygens (including phenoxy) is 1. The zero-order chi connectivity index (χ0) is 16.9. The first-order chi connectivity index (χ1) is 11.6. The molecule has 5 heteroatoms. The van der Waals surface area contributed by atoms with Gasteiger partial charge in [-0.15, -0.1) is 0 Å². The highest BCUT2D eigenvalue weighted by Gasteiger charge is 2.18. The fraction of sp³-hybridized carbons (Fsp3) is 0.526. The van der Waals surface area contributed by atoms with E-state index >= 15 is 0 Å². The van der Waals surface area contributed by atoms with Gasteiger partial charge in [0.2, 0.25) is 0 Å². The minimum absolute atomic E-state index is 0.744. The molecule has 130 valence electrons. The molecular formula is C19H27N3O2. The van der Waals surface area contributed by atoms with Gasteiger partial charge in [0.05, 0.1) is 5.69 Å². The largest absolute Gasteiger partial charge is 0.492 e. The number of piperazine rings is 1. The van der Waals surface area contributed by atoms with E-state index < -0.39 is 0 Å². The second kappa shape index (κ2) is 7.81. The van der Waals surface area contributed by atoms with Gasteiger partial charge >= 0.3 is 0 Å². The van der Waals surface area contributed by atoms with Crippen molar-refractivity contribution in [3.8, 4) is 5.75 Å². The highest BCUT2D eigenvalue weighted by molar-refractivity contribution is 5.39. The molecule has 0 radical (unpaired) electrons. The van der Waals surface area contributed by atoms with E-state index in [-0.39, 0.29) is 0 Å². The van der Waals surface area contributed by atoms with E-state index in [1.165, 1.54) is 11.1 Å². The molecule has 1 saturated heterocycles. The van der Waals surface area contributed by atoms with E-state index in [1.807, 2.05) is 13.0 Å². The van der Waals surface area contributed by atoms with Crippen molar-refractivity contribution in [1.29, 1.82) is 0 Å². The Morgan fingerprint density at radius 1 is 1.04 bits per heavy atom. The van der Waals surface area contributed by atoms with Crippen molar-refractivity contribution in [3.63, 3.8) is 0 Å². The quantitative estimate of drug-likeness (QED) is 0.815. The lowest BCUT2D eigenvalue weighted by molar-refractivity contribution is 0.110. The number of benzene rings is 1. The molecule has 0 amide bonds. The van der Waals surface area contributed by atoms with Crippen LogP contribution >= 0.6 is 0 Å². The zero-order valence-electron chi connectivity index (χ0n) is 14.9. The lowest BCUT2D eigenvalue weighted by atomic mass is 10.1. The first-order valence-corrected chi connectivity index (χ1v) is 8.68. The zero-order valence-corrected chi connectivity index (χ0v) is 14.9. The fourth-order valence-corrected chi connectivity index (χ4v) is 3.20. The molecule has 2 heterocycles. The average molecular weight is 329 g/mol. The second-order valence-corrected chi connectivity index (χ2v) is 6.62. The van der Waals surface area contributed by atoms with Crippen LogP contribution in [0.25, 0.3) is 0 Å². The van der Waals surface area contributed by atoms with Gasteiger partial charge in [-0.25, -0.2) is 0 Å². The number of hydrogen-bond acceptors (Lipinski definition) is 5. The summed E-state index contributed by atoms with van der Waals surface area (Å²) in [6.45, 7) is 13.0. The van der Waals surface area contributed by atoms with Crippen LogP contribution in [0.2, 0.25) is 0 Å². The number of nitrogens with zero attached hydrogens (tertiary/aromatic N) is 3. The third-order valence-electron chi connectivity index (χ3n) is 4.59. The van der Waals surface area contributed by atoms with Crippen molar-refractivity contribution < 1.29 is 9.26 Å². The van der Waals surface area contributed by atoms with E-state index in [1.54, 1.807) is 0 Å². The van der Waals surface area contributed by atoms with Crippen molar-refractivity contribution in [2.75, 3.05) is 39.3 Å². The number of hydrogen-bond donors (Lipinski definition) is 0. The molecule has 1 fully saturated rings. The molecule has 2 aromatic rings. The minimum atomic E-state index is 0.744. The van der Waals surface area contributed by atoms with Crippen LogP contribution in [0, 0.1) is 20.8 Å². The second-order valence-electron chi connectivity index (χ2n) is 6.62. The van der Waals surface area contributed by atoms with Crippen LogP contribution in [0.15, 0.2) is 28.8 Å². The molecule has 0 bridgehead atoms. The van der Waals surface area contributed by atoms with Crippen LogP contribution in [0.4, 0.5) is 0 Å². The normalized spacial score (nSPS) is 16.5. The Balaban J connectivity index is 1.39. The number of aromatic nitrogens is 1. The summed E-state index contributed by atoms with van der Waals surface area (Å²) in [6, 6.07) is 8.30. The van der Waals surface area contributed by atoms with E-state index in [2.05, 4.69) is 47.0 Å². The molecule has 1 aliphatic rings. The number of aryl methyl sites for hydroxylation is 3. The van der Waals surface area contributed by atoms with E-state index in [4.69, 9.17) is 9.26 Å². The van der Waals surface area contributed by atoms with Crippen molar-refractivity contribution in [2.45, 2.75) is 27.3 Å². The Kier molecular flexibility index (Phi) is 5.53. The minimum Gasteiger partial charge on any atom is -0.492 e. The Bertz CT molecular complexity index is 640. The third-order valence-corrected chi connectivity index (χ3v) is 4.59. The molecule has 1 aromatic carbocycles. The molecule has 0 aliphatic carbocycles. The Labute approximate surface area is 144 Å². The highest BCUT2D eigenvalue weighted by Crippen LogP contribution is 2.22. The third kappa shape index (κ3) is 4.36. The molecule has 3 rings (SSSR count). The first kappa shape index (κ1) is 17.0. The molecule has 5 nitrogen and oxygen atoms in total. The van der Waals surface area contributed by atoms with Crippen molar-refractivity contribution in [2.24, 2.45) is 0 Å². The number of rotatable bonds is 6. The predicted octanol–water partition coefficient (Wildman–Crippen LogP) is 2.80. The monoisotopic (exact) mass is 329 g/mol. The van der Waals surface area contributed by atoms with Crippen LogP contribution in [-0.4, -0.2) is 54.3 Å². The van der Waals surface area contributed by atoms with Gasteiger partial charge in [0.15, 0.2) is 0 Å². The molecular weight excluding hydrogens is 302 g/mol. The van der Waals surface area contributed by atoms with E-state index in [9.17, 15) is 0 Å². The summed E-state index contributed by atoms with van der Waals surface area (Å²) in [5.41, 5.74) is 3.45. The fourth-order valence-electron chi connectivity index (χ4n) is 3.20. The van der Waals surface area contributed by atoms with Crippen molar-refractivity contribution >= 4 is 0 Å². The summed E-state index contributed by atoms with van der Waals surface area (Å²) in [7, 11) is 0. The molecule has 0 unspecified atom stereocenters. The molecule has 0 saturated carbocycles. The van der Waals surface area contributed by atoms with Crippen LogP contribution in [0.1, 0.15) is 22.6 Å². The Hall–Kier alpha value is -1.85. The summed E-state index contributed by atoms with van der Waals surface area (Å²) >= 11 is 0. The van der Waals surface area contributed by atoms with Gasteiger partial charge in [-0.1, -0.05) is 23.4 Å². The van der Waals surface area contributed by atoms with E-state index in [0.29, 0.717) is 0 Å². The summed E-state index contributed by atoms with van der Waals surface area (Å²) in [5.74, 6) is 1.92. The van der Waals surface area contributed by atoms with Gasteiger partial charge in [0.1, 0.15) is 18.1 Å². The van der Waals surface area contributed by atoms with Gasteiger partial charge in [-0.3, -0.25) is 9.80 Å². The summed E-state index contributed by atoms with van der Waals surface area (Å²) in [4.78, 5) is 4.90. The maximum absolute atomic E-state index is 6.02. The summed E-state index contributed by atoms with van der Waals surface area (Å²) in [5, 5.41) is 4.08. The molecule has 24 heavy (non-hydrogen) atoms. The summed E-state index contributed by atoms with van der Waals surface area (Å²) < 4.78 is 11.2. The smallest absolute Gasteiger partial charge is 0.133 e. The molecule has 0 spiro atoms. The maximum Gasteiger partial charge on any atom is 0.133 e. The average Bonchev–Trinajstić information content (AvgIpc) is 2.97. The Morgan fingerprint density at radius 3 is 2.33 bits per heavy atom. The SMILES string of the molecule is Cc1cc(CN2CCN(CCOc3c(C)cccc3C)CC2)no1. The predicted molar refractivity (Wildman–Crippen MR) is 94.4 cm³/mol. The molecule has 0 atom stereocenters. The van der Waals surface area contributed by atoms with Gasteiger partial charge in [-0.2, -0.15) is 0 Å². The lowest BCUT2D eigenvalue weighted by Crippen LogP contribution is -2.47. The highest BCUT2D eigenvalue weighted by atomic mass is 16.5. The van der Waals surface area contributed by atoms with Gasteiger partial charge in [-0.05, 0) is 31.9 Å². The lowest BCUT2D eigenvalue weighted by Gasteiger charge is -2.34. The molecule has 0 N–H and O–H groups in total. The molecule has 1 aromatic heterocycles. The van der Waals surface area contributed by atoms with Crippen molar-refractivity contribution in [1.82, 2.24) is 15.0 Å². The summed E-state index contributed by atoms with van der Waals surface area (Å²) in [6.07, 6.45) is 0. The standard InChI is InChI=1S/C19H27N3O2/c1-15-5-4-6-16(2)19(15)23-12-11-21-7-9-22(10-8-21)14-18-13-17(3)24-20-18/h4-6,13H,7-12,14H2,1-3H3. The van der Waals surface area contributed by atoms with Gasteiger partial charge < -0.3 is 9.26 Å². The van der Waals surface area contributed by atoms with Crippen LogP contribution in [0.5, 0.6) is 5.75 Å². The van der Waals surface area contributed by atoms with Crippen molar-refractivity contribution in [3.05, 3.63) is 46.8 Å². The first-order valence-electron chi connectivity index (χ1n) is 8.68. The molecule has 1 aliphatic heterocycles. The number of para-hydroxylation sites is 1. The topological polar surface area (TPSA) is 41.7 Å². The van der Waals surface area contributed by atoms with Crippen LogP contribution in [-0.2, 0) is 6.54 Å². The van der Waals surface area contributed by atoms with E-state index in [0.717, 1.165) is 63.1 Å².